The number of aromatic amines is 1. The number of benzene rings is 2. The van der Waals surface area contributed by atoms with Gasteiger partial charge in [-0.1, -0.05) is 0 Å². The van der Waals surface area contributed by atoms with E-state index < -0.39 is 22.2 Å². The molecule has 1 fully saturated rings. The van der Waals surface area contributed by atoms with Gasteiger partial charge in [0.1, 0.15) is 18.1 Å². The Labute approximate surface area is 203 Å². The number of ether oxygens (including phenoxy) is 2. The summed E-state index contributed by atoms with van der Waals surface area (Å²) in [4.78, 5) is 17.9. The molecule has 1 aliphatic heterocycles. The van der Waals surface area contributed by atoms with Gasteiger partial charge in [-0.25, -0.2) is 8.42 Å². The molecule has 1 saturated carbocycles. The van der Waals surface area contributed by atoms with E-state index in [0.29, 0.717) is 48.4 Å². The third-order valence-electron chi connectivity index (χ3n) is 6.90. The van der Waals surface area contributed by atoms with Gasteiger partial charge in [0, 0.05) is 31.3 Å². The SMILES string of the molecule is COc1ccc2cc(CN([C@@H]3CCC[C@H]3O)S(=O)(=O)c3ccc4c(c3)OCCN4C)c(=O)[nH]c2c1. The van der Waals surface area contributed by atoms with Crippen LogP contribution in [0.4, 0.5) is 5.69 Å². The van der Waals surface area contributed by atoms with Crippen molar-refractivity contribution in [2.24, 2.45) is 0 Å². The molecule has 2 aliphatic rings. The van der Waals surface area contributed by atoms with Crippen molar-refractivity contribution in [2.75, 3.05) is 32.2 Å². The molecular formula is C25H29N3O6S. The van der Waals surface area contributed by atoms with Crippen LogP contribution in [0.5, 0.6) is 11.5 Å². The number of fused-ring (bicyclic) bond motifs is 2. The molecule has 9 nitrogen and oxygen atoms in total. The van der Waals surface area contributed by atoms with E-state index in [1.165, 1.54) is 10.4 Å². The van der Waals surface area contributed by atoms with Gasteiger partial charge < -0.3 is 24.5 Å². The molecule has 5 rings (SSSR count). The van der Waals surface area contributed by atoms with E-state index in [1.807, 2.05) is 18.0 Å². The zero-order valence-electron chi connectivity index (χ0n) is 19.7. The van der Waals surface area contributed by atoms with Gasteiger partial charge in [-0.2, -0.15) is 4.31 Å². The van der Waals surface area contributed by atoms with E-state index in [0.717, 1.165) is 17.6 Å². The van der Waals surface area contributed by atoms with Gasteiger partial charge in [-0.3, -0.25) is 4.79 Å². The number of aliphatic hydroxyl groups excluding tert-OH is 1. The molecule has 2 atom stereocenters. The molecule has 0 unspecified atom stereocenters. The number of pyridine rings is 1. The minimum atomic E-state index is -4.05. The van der Waals surface area contributed by atoms with Crippen LogP contribution < -0.4 is 19.9 Å². The Bertz CT molecular complexity index is 1420. The predicted octanol–water partition coefficient (Wildman–Crippen LogP) is 2.47. The van der Waals surface area contributed by atoms with Crippen LogP contribution in [-0.2, 0) is 16.6 Å². The summed E-state index contributed by atoms with van der Waals surface area (Å²) < 4.78 is 40.0. The largest absolute Gasteiger partial charge is 0.497 e. The molecule has 0 bridgehead atoms. The second-order valence-corrected chi connectivity index (χ2v) is 11.0. The fraction of sp³-hybridized carbons (Fsp3) is 0.400. The average molecular weight is 500 g/mol. The van der Waals surface area contributed by atoms with E-state index >= 15 is 0 Å². The quantitative estimate of drug-likeness (QED) is 0.536. The van der Waals surface area contributed by atoms with Gasteiger partial charge in [0.05, 0.1) is 41.9 Å². The lowest BCUT2D eigenvalue weighted by Gasteiger charge is -2.31. The fourth-order valence-electron chi connectivity index (χ4n) is 4.91. The first-order valence-corrected chi connectivity index (χ1v) is 13.1. The number of likely N-dealkylation sites (N-methyl/N-ethyl adjacent to an activating group) is 1. The van der Waals surface area contributed by atoms with Crippen molar-refractivity contribution < 1.29 is 23.0 Å². The van der Waals surface area contributed by atoms with Crippen LogP contribution in [0, 0.1) is 0 Å². The zero-order valence-corrected chi connectivity index (χ0v) is 20.5. The normalized spacial score (nSPS) is 20.2. The Morgan fingerprint density at radius 3 is 2.77 bits per heavy atom. The molecule has 1 aromatic heterocycles. The van der Waals surface area contributed by atoms with Crippen molar-refractivity contribution in [1.29, 1.82) is 0 Å². The first-order chi connectivity index (χ1) is 16.8. The highest BCUT2D eigenvalue weighted by Gasteiger charge is 2.39. The maximum Gasteiger partial charge on any atom is 0.252 e. The number of aromatic nitrogens is 1. The molecule has 0 saturated heterocycles. The minimum Gasteiger partial charge on any atom is -0.497 e. The van der Waals surface area contributed by atoms with Crippen molar-refractivity contribution in [3.63, 3.8) is 0 Å². The standard InChI is InChI=1S/C25H29N3O6S/c1-27-10-11-34-24-14-19(8-9-22(24)27)35(31,32)28(21-4-3-5-23(21)29)15-17-12-16-6-7-18(33-2)13-20(16)26-25(17)30/h6-9,12-14,21,23,29H,3-5,10-11,15H2,1-2H3,(H,26,30)/t21-,23-/m1/s1. The molecule has 186 valence electrons. The molecule has 10 heteroatoms. The number of rotatable bonds is 6. The van der Waals surface area contributed by atoms with Gasteiger partial charge in [0.15, 0.2) is 0 Å². The van der Waals surface area contributed by atoms with Crippen LogP contribution in [0.25, 0.3) is 10.9 Å². The van der Waals surface area contributed by atoms with Crippen LogP contribution >= 0.6 is 0 Å². The number of methoxy groups -OCH3 is 1. The number of nitrogens with zero attached hydrogens (tertiary/aromatic N) is 2. The van der Waals surface area contributed by atoms with Crippen LogP contribution in [0.1, 0.15) is 24.8 Å². The molecule has 2 heterocycles. The summed E-state index contributed by atoms with van der Waals surface area (Å²) in [6.45, 7) is 1.03. The lowest BCUT2D eigenvalue weighted by molar-refractivity contribution is 0.110. The molecule has 35 heavy (non-hydrogen) atoms. The van der Waals surface area contributed by atoms with Crippen LogP contribution in [0.3, 0.4) is 0 Å². The molecular weight excluding hydrogens is 470 g/mol. The summed E-state index contributed by atoms with van der Waals surface area (Å²) in [5, 5.41) is 11.4. The number of hydrogen-bond donors (Lipinski definition) is 2. The Kier molecular flexibility index (Phi) is 6.20. The van der Waals surface area contributed by atoms with E-state index in [9.17, 15) is 18.3 Å². The number of nitrogens with one attached hydrogen (secondary N) is 1. The number of hydrogen-bond acceptors (Lipinski definition) is 7. The fourth-order valence-corrected chi connectivity index (χ4v) is 6.59. The first kappa shape index (κ1) is 23.7. The highest BCUT2D eigenvalue weighted by Crippen LogP contribution is 2.36. The van der Waals surface area contributed by atoms with Crippen LogP contribution in [-0.4, -0.2) is 62.3 Å². The summed E-state index contributed by atoms with van der Waals surface area (Å²) in [5.41, 5.74) is 1.35. The number of aliphatic hydroxyl groups is 1. The Morgan fingerprint density at radius 1 is 1.20 bits per heavy atom. The summed E-state index contributed by atoms with van der Waals surface area (Å²) in [6.07, 6.45) is 0.952. The summed E-state index contributed by atoms with van der Waals surface area (Å²) >= 11 is 0. The monoisotopic (exact) mass is 499 g/mol. The molecule has 2 N–H and O–H groups in total. The molecule has 1 aliphatic carbocycles. The second kappa shape index (κ2) is 9.18. The van der Waals surface area contributed by atoms with Crippen LogP contribution in [0.15, 0.2) is 52.2 Å². The molecule has 0 amide bonds. The van der Waals surface area contributed by atoms with Crippen molar-refractivity contribution in [3.05, 3.63) is 58.4 Å². The molecule has 0 spiro atoms. The molecule has 0 radical (unpaired) electrons. The number of sulfonamides is 1. The minimum absolute atomic E-state index is 0.0765. The summed E-state index contributed by atoms with van der Waals surface area (Å²) in [6, 6.07) is 11.2. The number of anilines is 1. The van der Waals surface area contributed by atoms with Crippen LogP contribution in [0.2, 0.25) is 0 Å². The van der Waals surface area contributed by atoms with Crippen molar-refractivity contribution in [2.45, 2.75) is 42.8 Å². The highest BCUT2D eigenvalue weighted by atomic mass is 32.2. The average Bonchev–Trinajstić information content (AvgIpc) is 3.27. The van der Waals surface area contributed by atoms with Crippen molar-refractivity contribution in [1.82, 2.24) is 9.29 Å². The molecule has 3 aromatic rings. The van der Waals surface area contributed by atoms with Gasteiger partial charge in [0.2, 0.25) is 10.0 Å². The lowest BCUT2D eigenvalue weighted by Crippen LogP contribution is -2.44. The molecule has 2 aromatic carbocycles. The summed E-state index contributed by atoms with van der Waals surface area (Å²) in [5.74, 6) is 1.11. The third kappa shape index (κ3) is 4.37. The van der Waals surface area contributed by atoms with E-state index in [-0.39, 0.29) is 17.0 Å². The third-order valence-corrected chi connectivity index (χ3v) is 8.77. The highest BCUT2D eigenvalue weighted by molar-refractivity contribution is 7.89. The zero-order chi connectivity index (χ0) is 24.7. The number of H-pyrrole nitrogens is 1. The predicted molar refractivity (Wildman–Crippen MR) is 133 cm³/mol. The topological polar surface area (TPSA) is 112 Å². The maximum atomic E-state index is 13.9. The van der Waals surface area contributed by atoms with Gasteiger partial charge in [-0.05, 0) is 55.0 Å². The lowest BCUT2D eigenvalue weighted by atomic mass is 10.1. The second-order valence-electron chi connectivity index (χ2n) is 9.09. The Morgan fingerprint density at radius 2 is 2.03 bits per heavy atom. The Hall–Kier alpha value is -3.08. The van der Waals surface area contributed by atoms with Crippen molar-refractivity contribution in [3.8, 4) is 11.5 Å². The van der Waals surface area contributed by atoms with E-state index in [2.05, 4.69) is 4.98 Å². The van der Waals surface area contributed by atoms with Gasteiger partial charge in [-0.15, -0.1) is 0 Å². The van der Waals surface area contributed by atoms with Gasteiger partial charge in [0.25, 0.3) is 5.56 Å². The first-order valence-electron chi connectivity index (χ1n) is 11.7. The smallest absolute Gasteiger partial charge is 0.252 e. The van der Waals surface area contributed by atoms with E-state index in [4.69, 9.17) is 9.47 Å². The van der Waals surface area contributed by atoms with E-state index in [1.54, 1.807) is 37.4 Å². The Balaban J connectivity index is 1.56. The maximum absolute atomic E-state index is 13.9. The van der Waals surface area contributed by atoms with Crippen molar-refractivity contribution >= 4 is 26.6 Å². The van der Waals surface area contributed by atoms with Gasteiger partial charge >= 0.3 is 0 Å². The summed E-state index contributed by atoms with van der Waals surface area (Å²) in [7, 11) is -0.568.